The molecule has 1 heterocycles. The fourth-order valence-corrected chi connectivity index (χ4v) is 5.20. The van der Waals surface area contributed by atoms with Gasteiger partial charge in [-0.25, -0.2) is 4.79 Å². The SMILES string of the molecule is CC[C@@H](C(=O)N(C)C)N(C(=O)C1CCC(C)CC1)c1cc(C#CC(C)(C)C)sc1C(=O)OCOC(=O)C(C)C. The van der Waals surface area contributed by atoms with Crippen LogP contribution < -0.4 is 4.90 Å². The highest BCUT2D eigenvalue weighted by atomic mass is 32.1. The van der Waals surface area contributed by atoms with Gasteiger partial charge in [0.1, 0.15) is 10.9 Å². The molecule has 1 aliphatic rings. The van der Waals surface area contributed by atoms with Gasteiger partial charge in [0.05, 0.1) is 16.5 Å². The summed E-state index contributed by atoms with van der Waals surface area (Å²) in [5.74, 6) is 4.60. The zero-order valence-corrected chi connectivity index (χ0v) is 25.7. The van der Waals surface area contributed by atoms with Gasteiger partial charge < -0.3 is 14.4 Å². The van der Waals surface area contributed by atoms with E-state index in [1.54, 1.807) is 34.0 Å². The molecule has 1 saturated carbocycles. The van der Waals surface area contributed by atoms with E-state index in [1.165, 1.54) is 9.80 Å². The second-order valence-corrected chi connectivity index (χ2v) is 12.9. The van der Waals surface area contributed by atoms with Crippen LogP contribution in [0, 0.1) is 35.0 Å². The van der Waals surface area contributed by atoms with Crippen LogP contribution in [-0.2, 0) is 23.9 Å². The summed E-state index contributed by atoms with van der Waals surface area (Å²) in [7, 11) is 3.31. The van der Waals surface area contributed by atoms with E-state index < -0.39 is 24.8 Å². The van der Waals surface area contributed by atoms with Crippen molar-refractivity contribution in [1.82, 2.24) is 4.90 Å². The average Bonchev–Trinajstić information content (AvgIpc) is 3.28. The van der Waals surface area contributed by atoms with Crippen molar-refractivity contribution < 1.29 is 28.7 Å². The summed E-state index contributed by atoms with van der Waals surface area (Å²) in [6.45, 7) is 12.8. The first-order chi connectivity index (χ1) is 18.2. The molecule has 0 bridgehead atoms. The molecule has 2 amide bonds. The molecule has 0 aliphatic heterocycles. The van der Waals surface area contributed by atoms with Crippen LogP contribution in [0.1, 0.15) is 95.1 Å². The average molecular weight is 561 g/mol. The lowest BCUT2D eigenvalue weighted by molar-refractivity contribution is -0.155. The molecule has 1 aliphatic carbocycles. The highest BCUT2D eigenvalue weighted by Crippen LogP contribution is 2.37. The first-order valence-corrected chi connectivity index (χ1v) is 14.5. The molecule has 1 aromatic heterocycles. The van der Waals surface area contributed by atoms with E-state index in [4.69, 9.17) is 9.47 Å². The number of carbonyl (C=O) groups is 4. The van der Waals surface area contributed by atoms with Gasteiger partial charge in [-0.3, -0.25) is 19.3 Å². The summed E-state index contributed by atoms with van der Waals surface area (Å²) in [5, 5.41) is 0. The second-order valence-electron chi connectivity index (χ2n) is 11.8. The van der Waals surface area contributed by atoms with Gasteiger partial charge in [0.2, 0.25) is 18.6 Å². The number of anilines is 1. The van der Waals surface area contributed by atoms with Gasteiger partial charge >= 0.3 is 11.9 Å². The quantitative estimate of drug-likeness (QED) is 0.225. The van der Waals surface area contributed by atoms with E-state index in [1.807, 2.05) is 27.7 Å². The van der Waals surface area contributed by atoms with E-state index in [2.05, 4.69) is 18.8 Å². The maximum atomic E-state index is 14.1. The Morgan fingerprint density at radius 1 is 1.08 bits per heavy atom. The van der Waals surface area contributed by atoms with E-state index in [0.717, 1.165) is 37.0 Å². The Morgan fingerprint density at radius 2 is 1.69 bits per heavy atom. The number of hydrogen-bond acceptors (Lipinski definition) is 7. The van der Waals surface area contributed by atoms with Crippen LogP contribution in [0.25, 0.3) is 0 Å². The number of hydrogen-bond donors (Lipinski definition) is 0. The number of carbonyl (C=O) groups excluding carboxylic acids is 4. The molecular formula is C30H44N2O6S. The van der Waals surface area contributed by atoms with E-state index in [9.17, 15) is 19.2 Å². The molecule has 1 fully saturated rings. The lowest BCUT2D eigenvalue weighted by Gasteiger charge is -2.36. The van der Waals surface area contributed by atoms with Crippen LogP contribution >= 0.6 is 11.3 Å². The van der Waals surface area contributed by atoms with Gasteiger partial charge in [-0.15, -0.1) is 11.3 Å². The number of nitrogens with zero attached hydrogens (tertiary/aromatic N) is 2. The van der Waals surface area contributed by atoms with Crippen molar-refractivity contribution >= 4 is 40.8 Å². The predicted molar refractivity (Wildman–Crippen MR) is 153 cm³/mol. The third kappa shape index (κ3) is 9.10. The number of ether oxygens (including phenoxy) is 2. The summed E-state index contributed by atoms with van der Waals surface area (Å²) in [6, 6.07) is 0.907. The minimum absolute atomic E-state index is 0.149. The fourth-order valence-electron chi connectivity index (χ4n) is 4.30. The normalized spacial score (nSPS) is 18.0. The maximum Gasteiger partial charge on any atom is 0.353 e. The lowest BCUT2D eigenvalue weighted by Crippen LogP contribution is -2.51. The Balaban J connectivity index is 2.60. The van der Waals surface area contributed by atoms with Gasteiger partial charge in [-0.2, -0.15) is 0 Å². The predicted octanol–water partition coefficient (Wildman–Crippen LogP) is 5.49. The lowest BCUT2D eigenvalue weighted by atomic mass is 9.82. The van der Waals surface area contributed by atoms with Crippen LogP contribution in [0.2, 0.25) is 0 Å². The number of rotatable bonds is 9. The Hall–Kier alpha value is -2.86. The molecule has 2 rings (SSSR count). The molecule has 9 heteroatoms. The molecule has 39 heavy (non-hydrogen) atoms. The minimum Gasteiger partial charge on any atom is -0.428 e. The third-order valence-corrected chi connectivity index (χ3v) is 7.63. The van der Waals surface area contributed by atoms with Crippen molar-refractivity contribution in [2.75, 3.05) is 25.8 Å². The summed E-state index contributed by atoms with van der Waals surface area (Å²) in [4.78, 5) is 56.3. The van der Waals surface area contributed by atoms with Gasteiger partial charge in [-0.05, 0) is 64.9 Å². The monoisotopic (exact) mass is 560 g/mol. The standard InChI is InChI=1S/C30H44N2O6S/c1-10-23(27(34)31(8)9)32(26(33)21-13-11-20(4)12-14-21)24-17-22(15-16-30(5,6)7)39-25(24)29(36)38-18-37-28(35)19(2)3/h17,19-21,23H,10-14,18H2,1-9H3/t20?,21?,23-/m0/s1. The maximum absolute atomic E-state index is 14.1. The van der Waals surface area contributed by atoms with Crippen molar-refractivity contribution in [2.24, 2.45) is 23.2 Å². The van der Waals surface area contributed by atoms with Gasteiger partial charge in [0.15, 0.2) is 0 Å². The number of thiophene rings is 1. The van der Waals surface area contributed by atoms with Crippen LogP contribution in [0.3, 0.4) is 0 Å². The molecule has 0 aromatic carbocycles. The third-order valence-electron chi connectivity index (χ3n) is 6.61. The molecule has 0 radical (unpaired) electrons. The largest absolute Gasteiger partial charge is 0.428 e. The van der Waals surface area contributed by atoms with Crippen LogP contribution in [0.5, 0.6) is 0 Å². The zero-order chi connectivity index (χ0) is 29.5. The van der Waals surface area contributed by atoms with E-state index in [0.29, 0.717) is 22.9 Å². The topological polar surface area (TPSA) is 93.2 Å². The number of likely N-dealkylation sites (N-methyl/N-ethyl adjacent to an activating group) is 1. The molecule has 0 N–H and O–H groups in total. The van der Waals surface area contributed by atoms with E-state index in [-0.39, 0.29) is 33.9 Å². The molecule has 1 atom stereocenters. The molecular weight excluding hydrogens is 516 g/mol. The summed E-state index contributed by atoms with van der Waals surface area (Å²) >= 11 is 1.11. The summed E-state index contributed by atoms with van der Waals surface area (Å²) in [5.41, 5.74) is 0.0286. The highest BCUT2D eigenvalue weighted by molar-refractivity contribution is 7.15. The Kier molecular flexibility index (Phi) is 11.6. The molecule has 0 saturated heterocycles. The van der Waals surface area contributed by atoms with Crippen LogP contribution in [0.15, 0.2) is 6.07 Å². The Morgan fingerprint density at radius 3 is 2.21 bits per heavy atom. The Labute approximate surface area is 237 Å². The minimum atomic E-state index is -0.796. The van der Waals surface area contributed by atoms with Crippen molar-refractivity contribution in [2.45, 2.75) is 86.6 Å². The van der Waals surface area contributed by atoms with Crippen molar-refractivity contribution in [1.29, 1.82) is 0 Å². The molecule has 1 aromatic rings. The van der Waals surface area contributed by atoms with Gasteiger partial charge in [0, 0.05) is 25.4 Å². The van der Waals surface area contributed by atoms with Gasteiger partial charge in [0.25, 0.3) is 0 Å². The van der Waals surface area contributed by atoms with Crippen LogP contribution in [-0.4, -0.2) is 55.6 Å². The van der Waals surface area contributed by atoms with E-state index >= 15 is 0 Å². The Bertz CT molecular complexity index is 1100. The molecule has 8 nitrogen and oxygen atoms in total. The van der Waals surface area contributed by atoms with Crippen molar-refractivity contribution in [3.63, 3.8) is 0 Å². The summed E-state index contributed by atoms with van der Waals surface area (Å²) in [6.07, 6.45) is 3.70. The first kappa shape index (κ1) is 32.4. The number of amides is 2. The van der Waals surface area contributed by atoms with Crippen molar-refractivity contribution in [3.8, 4) is 11.8 Å². The second kappa shape index (κ2) is 14.0. The highest BCUT2D eigenvalue weighted by Gasteiger charge is 2.39. The summed E-state index contributed by atoms with van der Waals surface area (Å²) < 4.78 is 10.3. The molecule has 216 valence electrons. The first-order valence-electron chi connectivity index (χ1n) is 13.7. The van der Waals surface area contributed by atoms with Crippen molar-refractivity contribution in [3.05, 3.63) is 15.8 Å². The smallest absolute Gasteiger partial charge is 0.353 e. The molecule has 0 unspecified atom stereocenters. The van der Waals surface area contributed by atoms with Gasteiger partial charge in [-0.1, -0.05) is 39.5 Å². The number of esters is 2. The fraction of sp³-hybridized carbons (Fsp3) is 0.667. The van der Waals surface area contributed by atoms with Crippen LogP contribution in [0.4, 0.5) is 5.69 Å². The molecule has 0 spiro atoms. The zero-order valence-electron chi connectivity index (χ0n) is 24.9.